The molecule has 0 N–H and O–H groups in total. The van der Waals surface area contributed by atoms with Gasteiger partial charge in [0.1, 0.15) is 5.75 Å². The Kier molecular flexibility index (Phi) is 7.75. The number of benzene rings is 1. The molecule has 2 aliphatic rings. The quantitative estimate of drug-likeness (QED) is 0.699. The van der Waals surface area contributed by atoms with E-state index in [1.807, 2.05) is 41.0 Å². The summed E-state index contributed by atoms with van der Waals surface area (Å²) in [6.45, 7) is 5.47. The van der Waals surface area contributed by atoms with Gasteiger partial charge in [-0.05, 0) is 44.2 Å². The first-order valence-electron chi connectivity index (χ1n) is 10.9. The Bertz CT molecular complexity index is 655. The Morgan fingerprint density at radius 1 is 0.964 bits per heavy atom. The molecule has 5 nitrogen and oxygen atoms in total. The molecular formula is C23H34N2O3. The number of para-hydroxylation sites is 1. The third kappa shape index (κ3) is 5.73. The third-order valence-electron chi connectivity index (χ3n) is 6.00. The minimum absolute atomic E-state index is 0.181. The van der Waals surface area contributed by atoms with Gasteiger partial charge in [0.05, 0.1) is 6.61 Å². The van der Waals surface area contributed by atoms with Gasteiger partial charge >= 0.3 is 0 Å². The van der Waals surface area contributed by atoms with Gasteiger partial charge in [0.15, 0.2) is 0 Å². The normalized spacial score (nSPS) is 18.6. The molecule has 2 amide bonds. The number of carbonyl (C=O) groups is 2. The van der Waals surface area contributed by atoms with E-state index in [1.54, 1.807) is 0 Å². The van der Waals surface area contributed by atoms with E-state index in [-0.39, 0.29) is 11.8 Å². The maximum atomic E-state index is 12.8. The maximum absolute atomic E-state index is 12.8. The van der Waals surface area contributed by atoms with E-state index in [2.05, 4.69) is 0 Å². The average molecular weight is 387 g/mol. The van der Waals surface area contributed by atoms with Crippen LogP contribution in [0.1, 0.15) is 56.9 Å². The fourth-order valence-electron chi connectivity index (χ4n) is 4.28. The van der Waals surface area contributed by atoms with Crippen LogP contribution in [0.4, 0.5) is 0 Å². The summed E-state index contributed by atoms with van der Waals surface area (Å²) < 4.78 is 5.79. The monoisotopic (exact) mass is 386 g/mol. The van der Waals surface area contributed by atoms with Crippen molar-refractivity contribution in [1.82, 2.24) is 9.80 Å². The van der Waals surface area contributed by atoms with Crippen LogP contribution in [0.15, 0.2) is 24.3 Å². The SMILES string of the molecule is Cc1ccccc1OCCCC(=O)N1CCCN(C(=O)C2CCCCC2)CC1. The molecule has 1 saturated heterocycles. The second-order valence-electron chi connectivity index (χ2n) is 8.11. The first-order valence-corrected chi connectivity index (χ1v) is 10.9. The van der Waals surface area contributed by atoms with Crippen LogP contribution in [-0.2, 0) is 9.59 Å². The summed E-state index contributed by atoms with van der Waals surface area (Å²) in [5.74, 6) is 1.61. The van der Waals surface area contributed by atoms with E-state index >= 15 is 0 Å². The lowest BCUT2D eigenvalue weighted by Gasteiger charge is -2.28. The van der Waals surface area contributed by atoms with Gasteiger partial charge in [0, 0.05) is 38.5 Å². The molecule has 28 heavy (non-hydrogen) atoms. The van der Waals surface area contributed by atoms with Crippen molar-refractivity contribution in [1.29, 1.82) is 0 Å². The second-order valence-corrected chi connectivity index (χ2v) is 8.11. The van der Waals surface area contributed by atoms with Gasteiger partial charge in [0.25, 0.3) is 0 Å². The third-order valence-corrected chi connectivity index (χ3v) is 6.00. The number of hydrogen-bond acceptors (Lipinski definition) is 3. The number of carbonyl (C=O) groups excluding carboxylic acids is 2. The lowest BCUT2D eigenvalue weighted by atomic mass is 9.88. The molecule has 1 aromatic rings. The summed E-state index contributed by atoms with van der Waals surface area (Å²) in [6.07, 6.45) is 7.80. The number of ether oxygens (including phenoxy) is 1. The number of nitrogens with zero attached hydrogens (tertiary/aromatic N) is 2. The van der Waals surface area contributed by atoms with Crippen molar-refractivity contribution in [2.45, 2.75) is 58.3 Å². The van der Waals surface area contributed by atoms with Gasteiger partial charge in [-0.2, -0.15) is 0 Å². The van der Waals surface area contributed by atoms with Crippen LogP contribution < -0.4 is 4.74 Å². The van der Waals surface area contributed by atoms with Gasteiger partial charge < -0.3 is 14.5 Å². The Morgan fingerprint density at radius 3 is 2.46 bits per heavy atom. The Hall–Kier alpha value is -2.04. The van der Waals surface area contributed by atoms with Gasteiger partial charge in [-0.1, -0.05) is 37.5 Å². The predicted molar refractivity (Wildman–Crippen MR) is 110 cm³/mol. The van der Waals surface area contributed by atoms with Crippen LogP contribution in [0, 0.1) is 12.8 Å². The van der Waals surface area contributed by atoms with E-state index in [1.165, 1.54) is 19.3 Å². The molecule has 154 valence electrons. The lowest BCUT2D eigenvalue weighted by molar-refractivity contribution is -0.137. The fourth-order valence-corrected chi connectivity index (χ4v) is 4.28. The molecule has 5 heteroatoms. The first-order chi connectivity index (χ1) is 13.6. The minimum atomic E-state index is 0.181. The Labute approximate surface area is 169 Å². The van der Waals surface area contributed by atoms with Crippen molar-refractivity contribution in [3.8, 4) is 5.75 Å². The van der Waals surface area contributed by atoms with Gasteiger partial charge in [-0.15, -0.1) is 0 Å². The summed E-state index contributed by atoms with van der Waals surface area (Å²) >= 11 is 0. The molecule has 0 unspecified atom stereocenters. The maximum Gasteiger partial charge on any atom is 0.225 e. The summed E-state index contributed by atoms with van der Waals surface area (Å²) in [7, 11) is 0. The number of hydrogen-bond donors (Lipinski definition) is 0. The molecular weight excluding hydrogens is 352 g/mol. The molecule has 0 aromatic heterocycles. The second kappa shape index (κ2) is 10.5. The molecule has 1 saturated carbocycles. The largest absolute Gasteiger partial charge is 0.493 e. The topological polar surface area (TPSA) is 49.9 Å². The van der Waals surface area contributed by atoms with Crippen molar-refractivity contribution < 1.29 is 14.3 Å². The molecule has 0 radical (unpaired) electrons. The summed E-state index contributed by atoms with van der Waals surface area (Å²) in [5.41, 5.74) is 1.11. The minimum Gasteiger partial charge on any atom is -0.493 e. The number of aryl methyl sites for hydroxylation is 1. The highest BCUT2D eigenvalue weighted by Gasteiger charge is 2.28. The zero-order valence-electron chi connectivity index (χ0n) is 17.2. The molecule has 2 fully saturated rings. The van der Waals surface area contributed by atoms with Crippen molar-refractivity contribution in [2.75, 3.05) is 32.8 Å². The van der Waals surface area contributed by atoms with E-state index in [0.717, 1.165) is 43.7 Å². The van der Waals surface area contributed by atoms with Crippen LogP contribution in [0.2, 0.25) is 0 Å². The standard InChI is InChI=1S/C23H34N2O3/c1-19-9-5-6-12-21(19)28-18-7-13-22(26)24-14-8-15-25(17-16-24)23(27)20-10-3-2-4-11-20/h5-6,9,12,20H,2-4,7-8,10-11,13-18H2,1H3. The molecule has 1 aliphatic carbocycles. The molecule has 0 bridgehead atoms. The zero-order chi connectivity index (χ0) is 19.8. The van der Waals surface area contributed by atoms with Crippen LogP contribution in [0.5, 0.6) is 5.75 Å². The van der Waals surface area contributed by atoms with E-state index < -0.39 is 0 Å². The predicted octanol–water partition coefficient (Wildman–Crippen LogP) is 3.80. The number of rotatable bonds is 6. The average Bonchev–Trinajstić information content (AvgIpc) is 2.99. The van der Waals surface area contributed by atoms with Crippen LogP contribution >= 0.6 is 0 Å². The van der Waals surface area contributed by atoms with E-state index in [0.29, 0.717) is 38.4 Å². The van der Waals surface area contributed by atoms with Crippen molar-refractivity contribution in [2.24, 2.45) is 5.92 Å². The molecule has 1 aromatic carbocycles. The van der Waals surface area contributed by atoms with Crippen molar-refractivity contribution in [3.05, 3.63) is 29.8 Å². The van der Waals surface area contributed by atoms with Crippen LogP contribution in [-0.4, -0.2) is 54.4 Å². The van der Waals surface area contributed by atoms with E-state index in [9.17, 15) is 9.59 Å². The molecule has 0 spiro atoms. The fraction of sp³-hybridized carbons (Fsp3) is 0.652. The van der Waals surface area contributed by atoms with Crippen molar-refractivity contribution in [3.63, 3.8) is 0 Å². The first kappa shape index (κ1) is 20.7. The van der Waals surface area contributed by atoms with Gasteiger partial charge in [0.2, 0.25) is 11.8 Å². The summed E-state index contributed by atoms with van der Waals surface area (Å²) in [6, 6.07) is 7.94. The molecule has 3 rings (SSSR count). The number of amides is 2. The summed E-state index contributed by atoms with van der Waals surface area (Å²) in [5, 5.41) is 0. The Morgan fingerprint density at radius 2 is 1.68 bits per heavy atom. The zero-order valence-corrected chi connectivity index (χ0v) is 17.2. The van der Waals surface area contributed by atoms with E-state index in [4.69, 9.17) is 4.74 Å². The highest BCUT2D eigenvalue weighted by atomic mass is 16.5. The lowest BCUT2D eigenvalue weighted by Crippen LogP contribution is -2.40. The van der Waals surface area contributed by atoms with Crippen LogP contribution in [0.25, 0.3) is 0 Å². The Balaban J connectivity index is 1.39. The smallest absolute Gasteiger partial charge is 0.225 e. The van der Waals surface area contributed by atoms with Gasteiger partial charge in [-0.25, -0.2) is 0 Å². The highest BCUT2D eigenvalue weighted by molar-refractivity contribution is 5.79. The van der Waals surface area contributed by atoms with Crippen molar-refractivity contribution >= 4 is 11.8 Å². The summed E-state index contributed by atoms with van der Waals surface area (Å²) in [4.78, 5) is 29.3. The molecule has 1 aliphatic heterocycles. The highest BCUT2D eigenvalue weighted by Crippen LogP contribution is 2.26. The molecule has 0 atom stereocenters. The van der Waals surface area contributed by atoms with Crippen LogP contribution in [0.3, 0.4) is 0 Å². The molecule has 1 heterocycles. The van der Waals surface area contributed by atoms with Gasteiger partial charge in [-0.3, -0.25) is 9.59 Å².